The van der Waals surface area contributed by atoms with Crippen LogP contribution in [0.2, 0.25) is 0 Å². The highest BCUT2D eigenvalue weighted by atomic mass is 32.1. The molecule has 1 heterocycles. The third-order valence-electron chi connectivity index (χ3n) is 3.81. The Bertz CT molecular complexity index is 1040. The molecule has 0 aliphatic rings. The molecule has 0 unspecified atom stereocenters. The molecule has 0 aliphatic heterocycles. The SMILES string of the molecule is Cc1cc(C)c2nc(NC(=O)CNC(=O)c3cccc(OC(F)F)c3)sc2c1. The lowest BCUT2D eigenvalue weighted by molar-refractivity contribution is -0.115. The zero-order valence-electron chi connectivity index (χ0n) is 15.1. The van der Waals surface area contributed by atoms with Crippen LogP contribution in [0.4, 0.5) is 13.9 Å². The van der Waals surface area contributed by atoms with Gasteiger partial charge in [-0.15, -0.1) is 0 Å². The van der Waals surface area contributed by atoms with Gasteiger partial charge in [0, 0.05) is 5.56 Å². The van der Waals surface area contributed by atoms with E-state index in [1.54, 1.807) is 0 Å². The summed E-state index contributed by atoms with van der Waals surface area (Å²) in [7, 11) is 0. The molecule has 28 heavy (non-hydrogen) atoms. The molecule has 0 atom stereocenters. The molecule has 0 bridgehead atoms. The fourth-order valence-corrected chi connectivity index (χ4v) is 3.72. The topological polar surface area (TPSA) is 80.3 Å². The maximum Gasteiger partial charge on any atom is 0.387 e. The predicted octanol–water partition coefficient (Wildman–Crippen LogP) is 3.88. The highest BCUT2D eigenvalue weighted by molar-refractivity contribution is 7.22. The van der Waals surface area contributed by atoms with E-state index in [0.29, 0.717) is 5.13 Å². The third kappa shape index (κ3) is 4.80. The van der Waals surface area contributed by atoms with Gasteiger partial charge in [-0.2, -0.15) is 8.78 Å². The van der Waals surface area contributed by atoms with Crippen molar-refractivity contribution in [2.75, 3.05) is 11.9 Å². The number of fused-ring (bicyclic) bond motifs is 1. The summed E-state index contributed by atoms with van der Waals surface area (Å²) in [5, 5.41) is 5.53. The first-order chi connectivity index (χ1) is 13.3. The number of carbonyl (C=O) groups excluding carboxylic acids is 2. The Kier molecular flexibility index (Phi) is 5.84. The van der Waals surface area contributed by atoms with Crippen LogP contribution in [0.15, 0.2) is 36.4 Å². The first-order valence-corrected chi connectivity index (χ1v) is 9.14. The number of nitrogens with one attached hydrogen (secondary N) is 2. The monoisotopic (exact) mass is 405 g/mol. The summed E-state index contributed by atoms with van der Waals surface area (Å²) < 4.78 is 29.7. The number of thiazole rings is 1. The number of halogens is 2. The van der Waals surface area contributed by atoms with Crippen molar-refractivity contribution in [1.82, 2.24) is 10.3 Å². The van der Waals surface area contributed by atoms with E-state index in [4.69, 9.17) is 0 Å². The Morgan fingerprint density at radius 2 is 2.00 bits per heavy atom. The molecule has 3 aromatic rings. The molecule has 1 aromatic heterocycles. The Morgan fingerprint density at radius 1 is 1.21 bits per heavy atom. The highest BCUT2D eigenvalue weighted by Gasteiger charge is 2.13. The molecule has 0 radical (unpaired) electrons. The number of ether oxygens (including phenoxy) is 1. The van der Waals surface area contributed by atoms with E-state index < -0.39 is 18.4 Å². The van der Waals surface area contributed by atoms with Gasteiger partial charge < -0.3 is 15.4 Å². The number of alkyl halides is 2. The second-order valence-electron chi connectivity index (χ2n) is 6.08. The molecule has 0 spiro atoms. The minimum Gasteiger partial charge on any atom is -0.435 e. The number of rotatable bonds is 6. The first kappa shape index (κ1) is 19.7. The van der Waals surface area contributed by atoms with Crippen LogP contribution >= 0.6 is 11.3 Å². The number of anilines is 1. The molecule has 2 amide bonds. The van der Waals surface area contributed by atoms with Crippen molar-refractivity contribution in [1.29, 1.82) is 0 Å². The zero-order chi connectivity index (χ0) is 20.3. The van der Waals surface area contributed by atoms with Gasteiger partial charge in [0.05, 0.1) is 16.8 Å². The van der Waals surface area contributed by atoms with Crippen LogP contribution in [0, 0.1) is 13.8 Å². The molecule has 3 rings (SSSR count). The lowest BCUT2D eigenvalue weighted by atomic mass is 10.1. The van der Waals surface area contributed by atoms with Crippen LogP contribution in [0.3, 0.4) is 0 Å². The van der Waals surface area contributed by atoms with E-state index in [0.717, 1.165) is 21.3 Å². The van der Waals surface area contributed by atoms with Crippen molar-refractivity contribution in [3.63, 3.8) is 0 Å². The van der Waals surface area contributed by atoms with Crippen molar-refractivity contribution < 1.29 is 23.1 Å². The number of nitrogens with zero attached hydrogens (tertiary/aromatic N) is 1. The molecule has 146 valence electrons. The molecule has 0 saturated carbocycles. The predicted molar refractivity (Wildman–Crippen MR) is 103 cm³/mol. The molecule has 0 fully saturated rings. The molecular formula is C19H17F2N3O3S. The zero-order valence-corrected chi connectivity index (χ0v) is 15.9. The van der Waals surface area contributed by atoms with E-state index in [2.05, 4.69) is 20.4 Å². The van der Waals surface area contributed by atoms with Crippen LogP contribution in [-0.2, 0) is 4.79 Å². The van der Waals surface area contributed by atoms with Crippen LogP contribution in [0.1, 0.15) is 21.5 Å². The number of carbonyl (C=O) groups is 2. The molecule has 0 saturated heterocycles. The molecule has 6 nitrogen and oxygen atoms in total. The number of amides is 2. The number of hydrogen-bond acceptors (Lipinski definition) is 5. The summed E-state index contributed by atoms with van der Waals surface area (Å²) in [6.45, 7) is 0.672. The van der Waals surface area contributed by atoms with Crippen molar-refractivity contribution in [2.24, 2.45) is 0 Å². The Hall–Kier alpha value is -3.07. The highest BCUT2D eigenvalue weighted by Crippen LogP contribution is 2.29. The summed E-state index contributed by atoms with van der Waals surface area (Å²) in [6.07, 6.45) is 0. The second-order valence-corrected chi connectivity index (χ2v) is 7.12. The van der Waals surface area contributed by atoms with Gasteiger partial charge in [0.25, 0.3) is 5.91 Å². The summed E-state index contributed by atoms with van der Waals surface area (Å²) in [6, 6.07) is 9.35. The Morgan fingerprint density at radius 3 is 2.75 bits per heavy atom. The lowest BCUT2D eigenvalue weighted by Gasteiger charge is -2.07. The quantitative estimate of drug-likeness (QED) is 0.652. The van der Waals surface area contributed by atoms with Gasteiger partial charge in [-0.05, 0) is 49.2 Å². The van der Waals surface area contributed by atoms with Gasteiger partial charge in [0.15, 0.2) is 5.13 Å². The summed E-state index contributed by atoms with van der Waals surface area (Å²) in [4.78, 5) is 28.6. The van der Waals surface area contributed by atoms with E-state index in [1.165, 1.54) is 35.6 Å². The standard InChI is InChI=1S/C19H17F2N3O3S/c1-10-6-11(2)16-14(7-10)28-19(24-16)23-15(25)9-22-17(26)12-4-3-5-13(8-12)27-18(20)21/h3-8,18H,9H2,1-2H3,(H,22,26)(H,23,24,25). The van der Waals surface area contributed by atoms with Crippen LogP contribution in [0.25, 0.3) is 10.2 Å². The minimum atomic E-state index is -2.98. The molecule has 2 aromatic carbocycles. The fraction of sp³-hybridized carbons (Fsp3) is 0.211. The number of benzene rings is 2. The Labute approximate surface area is 163 Å². The van der Waals surface area contributed by atoms with E-state index >= 15 is 0 Å². The molecule has 0 aliphatic carbocycles. The normalized spacial score (nSPS) is 10.9. The van der Waals surface area contributed by atoms with Gasteiger partial charge in [-0.3, -0.25) is 9.59 Å². The van der Waals surface area contributed by atoms with E-state index in [-0.39, 0.29) is 17.9 Å². The van der Waals surface area contributed by atoms with E-state index in [1.807, 2.05) is 26.0 Å². The van der Waals surface area contributed by atoms with Crippen LogP contribution < -0.4 is 15.4 Å². The maximum absolute atomic E-state index is 12.3. The molecule has 9 heteroatoms. The molecule has 2 N–H and O–H groups in total. The first-order valence-electron chi connectivity index (χ1n) is 8.32. The van der Waals surface area contributed by atoms with Gasteiger partial charge in [0.1, 0.15) is 5.75 Å². The van der Waals surface area contributed by atoms with Crippen molar-refractivity contribution in [3.8, 4) is 5.75 Å². The van der Waals surface area contributed by atoms with Crippen molar-refractivity contribution in [3.05, 3.63) is 53.1 Å². The van der Waals surface area contributed by atoms with Crippen molar-refractivity contribution in [2.45, 2.75) is 20.5 Å². The van der Waals surface area contributed by atoms with Gasteiger partial charge >= 0.3 is 6.61 Å². The number of aromatic nitrogens is 1. The van der Waals surface area contributed by atoms with Gasteiger partial charge in [0.2, 0.25) is 5.91 Å². The van der Waals surface area contributed by atoms with Gasteiger partial charge in [-0.25, -0.2) is 4.98 Å². The molecular weight excluding hydrogens is 388 g/mol. The number of hydrogen-bond donors (Lipinski definition) is 2. The van der Waals surface area contributed by atoms with Crippen LogP contribution in [-0.4, -0.2) is 30.0 Å². The van der Waals surface area contributed by atoms with Gasteiger partial charge in [-0.1, -0.05) is 23.5 Å². The average Bonchev–Trinajstić information content (AvgIpc) is 3.02. The summed E-state index contributed by atoms with van der Waals surface area (Å²) in [5.41, 5.74) is 3.06. The largest absolute Gasteiger partial charge is 0.435 e. The minimum absolute atomic E-state index is 0.108. The van der Waals surface area contributed by atoms with Crippen LogP contribution in [0.5, 0.6) is 5.75 Å². The average molecular weight is 405 g/mol. The number of aryl methyl sites for hydroxylation is 2. The fourth-order valence-electron chi connectivity index (χ4n) is 2.66. The second kappa shape index (κ2) is 8.30. The smallest absolute Gasteiger partial charge is 0.387 e. The van der Waals surface area contributed by atoms with Crippen molar-refractivity contribution >= 4 is 38.5 Å². The lowest BCUT2D eigenvalue weighted by Crippen LogP contribution is -2.32. The Balaban J connectivity index is 1.60. The maximum atomic E-state index is 12.3. The summed E-state index contributed by atoms with van der Waals surface area (Å²) in [5.74, 6) is -1.15. The summed E-state index contributed by atoms with van der Waals surface area (Å²) >= 11 is 1.35. The third-order valence-corrected chi connectivity index (χ3v) is 4.72. The van der Waals surface area contributed by atoms with E-state index in [9.17, 15) is 18.4 Å².